The predicted octanol–water partition coefficient (Wildman–Crippen LogP) is 4.23. The first-order chi connectivity index (χ1) is 17.9. The van der Waals surface area contributed by atoms with Crippen LogP contribution in [0.25, 0.3) is 0 Å². The number of nitrogens with one attached hydrogen (secondary N) is 1. The zero-order valence-corrected chi connectivity index (χ0v) is 22.3. The number of para-hydroxylation sites is 2. The summed E-state index contributed by atoms with van der Waals surface area (Å²) in [5.41, 5.74) is 4.39. The average Bonchev–Trinajstić information content (AvgIpc) is 2.86. The summed E-state index contributed by atoms with van der Waals surface area (Å²) in [7, 11) is -4.07. The lowest BCUT2D eigenvalue weighted by molar-refractivity contribution is -0.119. The molecule has 4 rings (SSSR count). The van der Waals surface area contributed by atoms with Gasteiger partial charge in [-0.1, -0.05) is 29.8 Å². The molecule has 1 saturated heterocycles. The van der Waals surface area contributed by atoms with Gasteiger partial charge in [-0.3, -0.25) is 9.10 Å². The molecule has 1 N–H and O–H groups in total. The molecule has 0 bridgehead atoms. The Morgan fingerprint density at radius 1 is 1.08 bits per heavy atom. The molecule has 8 nitrogen and oxygen atoms in total. The Labute approximate surface area is 221 Å². The first-order valence-corrected chi connectivity index (χ1v) is 14.4. The van der Waals surface area contributed by atoms with Crippen LogP contribution in [-0.2, 0) is 14.8 Å². The van der Waals surface area contributed by atoms with Crippen molar-refractivity contribution in [3.8, 4) is 11.5 Å². The van der Waals surface area contributed by atoms with E-state index in [1.807, 2.05) is 49.9 Å². The lowest BCUT2D eigenvalue weighted by atomic mass is 10.2. The molecule has 3 aromatic carbocycles. The normalized spacial score (nSPS) is 13.7. The van der Waals surface area contributed by atoms with Crippen molar-refractivity contribution in [2.75, 3.05) is 29.0 Å². The third-order valence-electron chi connectivity index (χ3n) is 5.52. The Hall–Kier alpha value is -3.50. The molecule has 0 saturated carbocycles. The van der Waals surface area contributed by atoms with Crippen molar-refractivity contribution in [3.05, 3.63) is 83.9 Å². The van der Waals surface area contributed by atoms with E-state index in [4.69, 9.17) is 9.47 Å². The van der Waals surface area contributed by atoms with Crippen LogP contribution in [-0.4, -0.2) is 51.3 Å². The first kappa shape index (κ1) is 26.6. The molecule has 1 heterocycles. The first-order valence-electron chi connectivity index (χ1n) is 11.8. The van der Waals surface area contributed by atoms with Gasteiger partial charge in [0.2, 0.25) is 0 Å². The van der Waals surface area contributed by atoms with E-state index in [0.717, 1.165) is 32.7 Å². The standard InChI is InChI=1S/C27H29N3O5S2/c1-3-34-26-7-5-4-6-25(26)30(37(32,33)24-14-8-20(2)9-15-24)17-27(31)29-28-16-21-10-12-22(13-11-21)35-23-18-36-19-23/h4-16,23H,3,17-19H2,1-2H3,(H,29,31)/b28-16-. The van der Waals surface area contributed by atoms with E-state index in [9.17, 15) is 13.2 Å². The summed E-state index contributed by atoms with van der Waals surface area (Å²) in [5, 5.41) is 4.01. The molecule has 0 radical (unpaired) electrons. The van der Waals surface area contributed by atoms with Crippen LogP contribution in [0, 0.1) is 6.92 Å². The van der Waals surface area contributed by atoms with Gasteiger partial charge in [0.1, 0.15) is 24.1 Å². The second kappa shape index (κ2) is 12.2. The highest BCUT2D eigenvalue weighted by Crippen LogP contribution is 2.32. The van der Waals surface area contributed by atoms with Crippen molar-refractivity contribution in [1.82, 2.24) is 5.43 Å². The second-order valence-corrected chi connectivity index (χ2v) is 11.3. The summed E-state index contributed by atoms with van der Waals surface area (Å²) in [6.45, 7) is 3.54. The van der Waals surface area contributed by atoms with Gasteiger partial charge in [0, 0.05) is 11.5 Å². The number of hydrogen-bond acceptors (Lipinski definition) is 7. The smallest absolute Gasteiger partial charge is 0.264 e. The Kier molecular flexibility index (Phi) is 8.73. The second-order valence-electron chi connectivity index (χ2n) is 8.37. The number of sulfonamides is 1. The van der Waals surface area contributed by atoms with E-state index in [1.165, 1.54) is 18.3 Å². The van der Waals surface area contributed by atoms with Crippen molar-refractivity contribution in [3.63, 3.8) is 0 Å². The van der Waals surface area contributed by atoms with Crippen molar-refractivity contribution in [2.45, 2.75) is 24.8 Å². The molecule has 3 aromatic rings. The number of anilines is 1. The molecule has 1 aliphatic heterocycles. The van der Waals surface area contributed by atoms with Crippen LogP contribution in [0.3, 0.4) is 0 Å². The Morgan fingerprint density at radius 3 is 2.43 bits per heavy atom. The number of rotatable bonds is 11. The van der Waals surface area contributed by atoms with Gasteiger partial charge in [-0.05, 0) is 67.9 Å². The van der Waals surface area contributed by atoms with Gasteiger partial charge in [0.05, 0.1) is 23.4 Å². The van der Waals surface area contributed by atoms with Crippen LogP contribution in [0.4, 0.5) is 5.69 Å². The third-order valence-corrected chi connectivity index (χ3v) is 8.51. The highest BCUT2D eigenvalue weighted by atomic mass is 32.2. The van der Waals surface area contributed by atoms with Crippen LogP contribution in [0.15, 0.2) is 82.8 Å². The molecule has 10 heteroatoms. The SMILES string of the molecule is CCOc1ccccc1N(CC(=O)N/N=C\c1ccc(OC2CSC2)cc1)S(=O)(=O)c1ccc(C)cc1. The van der Waals surface area contributed by atoms with E-state index in [-0.39, 0.29) is 16.7 Å². The van der Waals surface area contributed by atoms with Gasteiger partial charge in [0.25, 0.3) is 15.9 Å². The van der Waals surface area contributed by atoms with Gasteiger partial charge in [-0.25, -0.2) is 13.8 Å². The third kappa shape index (κ3) is 6.84. The van der Waals surface area contributed by atoms with Gasteiger partial charge in [-0.15, -0.1) is 0 Å². The molecular weight excluding hydrogens is 510 g/mol. The summed E-state index contributed by atoms with van der Waals surface area (Å²) in [6.07, 6.45) is 1.75. The number of carbonyl (C=O) groups is 1. The van der Waals surface area contributed by atoms with E-state index in [0.29, 0.717) is 12.4 Å². The highest BCUT2D eigenvalue weighted by molar-refractivity contribution is 8.00. The number of carbonyl (C=O) groups excluding carboxylic acids is 1. The topological polar surface area (TPSA) is 97.3 Å². The monoisotopic (exact) mass is 539 g/mol. The molecule has 1 amide bonds. The van der Waals surface area contributed by atoms with Crippen LogP contribution in [0.5, 0.6) is 11.5 Å². The summed E-state index contributed by atoms with van der Waals surface area (Å²) in [6, 6.07) is 20.6. The number of amides is 1. The molecule has 0 atom stereocenters. The summed E-state index contributed by atoms with van der Waals surface area (Å²) in [4.78, 5) is 12.9. The minimum Gasteiger partial charge on any atom is -0.492 e. The number of hydrogen-bond donors (Lipinski definition) is 1. The van der Waals surface area contributed by atoms with Crippen molar-refractivity contribution in [2.24, 2.45) is 5.10 Å². The number of nitrogens with zero attached hydrogens (tertiary/aromatic N) is 2. The summed E-state index contributed by atoms with van der Waals surface area (Å²) >= 11 is 1.85. The van der Waals surface area contributed by atoms with Gasteiger partial charge in [-0.2, -0.15) is 16.9 Å². The largest absolute Gasteiger partial charge is 0.492 e. The quantitative estimate of drug-likeness (QED) is 0.289. The van der Waals surface area contributed by atoms with Gasteiger partial charge < -0.3 is 9.47 Å². The van der Waals surface area contributed by atoms with Crippen molar-refractivity contribution >= 4 is 39.6 Å². The van der Waals surface area contributed by atoms with Gasteiger partial charge in [0.15, 0.2) is 0 Å². The van der Waals surface area contributed by atoms with E-state index in [2.05, 4.69) is 10.5 Å². The molecule has 0 aliphatic carbocycles. The van der Waals surface area contributed by atoms with Crippen molar-refractivity contribution in [1.29, 1.82) is 0 Å². The number of hydrazone groups is 1. The maximum absolute atomic E-state index is 13.6. The van der Waals surface area contributed by atoms with Crippen LogP contribution < -0.4 is 19.2 Å². The molecule has 0 aromatic heterocycles. The van der Waals surface area contributed by atoms with Crippen molar-refractivity contribution < 1.29 is 22.7 Å². The fraction of sp³-hybridized carbons (Fsp3) is 0.259. The van der Waals surface area contributed by atoms with E-state index < -0.39 is 22.5 Å². The number of benzene rings is 3. The maximum Gasteiger partial charge on any atom is 0.264 e. The molecule has 37 heavy (non-hydrogen) atoms. The summed E-state index contributed by atoms with van der Waals surface area (Å²) < 4.78 is 39.7. The Bertz CT molecular complexity index is 1340. The zero-order valence-electron chi connectivity index (χ0n) is 20.7. The molecule has 194 valence electrons. The van der Waals surface area contributed by atoms with E-state index in [1.54, 1.807) is 36.4 Å². The number of aryl methyl sites for hydroxylation is 1. The minimum atomic E-state index is -4.07. The minimum absolute atomic E-state index is 0.0727. The predicted molar refractivity (Wildman–Crippen MR) is 147 cm³/mol. The molecular formula is C27H29N3O5S2. The average molecular weight is 540 g/mol. The van der Waals surface area contributed by atoms with Gasteiger partial charge >= 0.3 is 0 Å². The Morgan fingerprint density at radius 2 is 1.78 bits per heavy atom. The maximum atomic E-state index is 13.6. The Balaban J connectivity index is 1.50. The van der Waals surface area contributed by atoms with E-state index >= 15 is 0 Å². The number of ether oxygens (including phenoxy) is 2. The molecule has 1 fully saturated rings. The molecule has 1 aliphatic rings. The highest BCUT2D eigenvalue weighted by Gasteiger charge is 2.29. The molecule has 0 spiro atoms. The lowest BCUT2D eigenvalue weighted by Gasteiger charge is -2.25. The fourth-order valence-electron chi connectivity index (χ4n) is 3.53. The lowest BCUT2D eigenvalue weighted by Crippen LogP contribution is -2.39. The fourth-order valence-corrected chi connectivity index (χ4v) is 5.53. The zero-order chi connectivity index (χ0) is 26.3. The summed E-state index contributed by atoms with van der Waals surface area (Å²) in [5.74, 6) is 2.55. The molecule has 0 unspecified atom stereocenters. The van der Waals surface area contributed by atoms with Crippen LogP contribution in [0.1, 0.15) is 18.1 Å². The van der Waals surface area contributed by atoms with Crippen LogP contribution in [0.2, 0.25) is 0 Å². The number of thioether (sulfide) groups is 1. The van der Waals surface area contributed by atoms with Crippen LogP contribution >= 0.6 is 11.8 Å².